The molecule has 4 aromatic rings. The van der Waals surface area contributed by atoms with E-state index >= 15 is 0 Å². The molecule has 0 aliphatic rings. The molecule has 0 atom stereocenters. The molecule has 29 heavy (non-hydrogen) atoms. The van der Waals surface area contributed by atoms with Crippen LogP contribution in [0.15, 0.2) is 72.9 Å². The molecule has 4 rings (SSSR count). The minimum Gasteiger partial charge on any atom is -0.383 e. The van der Waals surface area contributed by atoms with Crippen LogP contribution in [0, 0.1) is 6.92 Å². The maximum absolute atomic E-state index is 13.5. The van der Waals surface area contributed by atoms with Gasteiger partial charge in [0.2, 0.25) is 0 Å². The highest BCUT2D eigenvalue weighted by Crippen LogP contribution is 2.23. The molecule has 0 aliphatic heterocycles. The minimum atomic E-state index is -0.132. The third-order valence-corrected chi connectivity index (χ3v) is 4.63. The summed E-state index contributed by atoms with van der Waals surface area (Å²) in [6, 6.07) is 21.5. The summed E-state index contributed by atoms with van der Waals surface area (Å²) in [4.78, 5) is 15.3. The van der Waals surface area contributed by atoms with Crippen LogP contribution in [-0.4, -0.2) is 45.0 Å². The Kier molecular flexibility index (Phi) is 4.91. The van der Waals surface area contributed by atoms with E-state index in [2.05, 4.69) is 15.5 Å². The fraction of sp³-hybridized carbons (Fsp3) is 0.130. The Morgan fingerprint density at radius 1 is 0.966 bits per heavy atom. The number of hydrogen-bond acceptors (Lipinski definition) is 5. The second-order valence-corrected chi connectivity index (χ2v) is 7.15. The zero-order chi connectivity index (χ0) is 20.4. The van der Waals surface area contributed by atoms with Crippen LogP contribution in [0.4, 0.5) is 0 Å². The lowest BCUT2D eigenvalue weighted by atomic mass is 10.00. The number of carbonyl (C=O) groups excluding carboxylic acids is 1. The van der Waals surface area contributed by atoms with Crippen LogP contribution in [0.5, 0.6) is 0 Å². The normalized spacial score (nSPS) is 11.6. The van der Waals surface area contributed by atoms with E-state index in [1.807, 2.05) is 92.6 Å². The highest BCUT2D eigenvalue weighted by Gasteiger charge is 2.22. The van der Waals surface area contributed by atoms with Gasteiger partial charge in [0.25, 0.3) is 0 Å². The third-order valence-electron chi connectivity index (χ3n) is 4.63. The number of Topliss-reactive ketones (excluding diaryl/α,β-unsaturated/α-hetero) is 1. The van der Waals surface area contributed by atoms with Gasteiger partial charge in [-0.3, -0.25) is 4.79 Å². The van der Waals surface area contributed by atoms with E-state index in [1.165, 1.54) is 0 Å². The van der Waals surface area contributed by atoms with Gasteiger partial charge in [0.15, 0.2) is 11.6 Å². The van der Waals surface area contributed by atoms with E-state index in [4.69, 9.17) is 0 Å². The quantitative estimate of drug-likeness (QED) is 0.386. The van der Waals surface area contributed by atoms with E-state index in [1.54, 1.807) is 10.9 Å². The Balaban J connectivity index is 1.80. The fourth-order valence-corrected chi connectivity index (χ4v) is 3.18. The first-order valence-electron chi connectivity index (χ1n) is 9.30. The Morgan fingerprint density at radius 2 is 1.69 bits per heavy atom. The molecule has 0 fully saturated rings. The summed E-state index contributed by atoms with van der Waals surface area (Å²) in [5, 5.41) is 14.2. The molecule has 1 heterocycles. The number of nitrogens with zero attached hydrogens (tertiary/aromatic N) is 5. The molecular weight excluding hydrogens is 362 g/mol. The molecule has 0 aliphatic carbocycles. The van der Waals surface area contributed by atoms with Crippen LogP contribution in [0.2, 0.25) is 0 Å². The molecule has 0 spiro atoms. The van der Waals surface area contributed by atoms with Crippen LogP contribution in [0.3, 0.4) is 0 Å². The molecule has 1 aromatic heterocycles. The summed E-state index contributed by atoms with van der Waals surface area (Å²) in [6.07, 6.45) is 1.76. The van der Waals surface area contributed by atoms with Gasteiger partial charge in [0.1, 0.15) is 0 Å². The van der Waals surface area contributed by atoms with Crippen molar-refractivity contribution in [1.82, 2.24) is 25.1 Å². The molecule has 0 saturated carbocycles. The van der Waals surface area contributed by atoms with E-state index in [0.29, 0.717) is 17.0 Å². The lowest BCUT2D eigenvalue weighted by Gasteiger charge is -2.12. The molecule has 0 unspecified atom stereocenters. The number of carbonyl (C=O) groups is 1. The molecule has 144 valence electrons. The molecular formula is C23H21N5O. The van der Waals surface area contributed by atoms with Crippen molar-refractivity contribution in [2.75, 3.05) is 14.1 Å². The Morgan fingerprint density at radius 3 is 2.41 bits per heavy atom. The lowest BCUT2D eigenvalue weighted by molar-refractivity contribution is 0.105. The van der Waals surface area contributed by atoms with Gasteiger partial charge in [-0.25, -0.2) is 0 Å². The highest BCUT2D eigenvalue weighted by atomic mass is 16.1. The van der Waals surface area contributed by atoms with Crippen LogP contribution >= 0.6 is 0 Å². The van der Waals surface area contributed by atoms with Gasteiger partial charge >= 0.3 is 0 Å². The highest BCUT2D eigenvalue weighted by molar-refractivity contribution is 6.28. The zero-order valence-electron chi connectivity index (χ0n) is 16.6. The molecule has 0 radical (unpaired) electrons. The first-order valence-corrected chi connectivity index (χ1v) is 9.30. The maximum atomic E-state index is 13.5. The molecule has 0 amide bonds. The van der Waals surface area contributed by atoms with Crippen LogP contribution < -0.4 is 0 Å². The van der Waals surface area contributed by atoms with Crippen LogP contribution in [0.25, 0.3) is 22.0 Å². The van der Waals surface area contributed by atoms with E-state index in [-0.39, 0.29) is 5.78 Å². The molecule has 0 saturated heterocycles. The second-order valence-electron chi connectivity index (χ2n) is 7.15. The number of tetrazole rings is 1. The summed E-state index contributed by atoms with van der Waals surface area (Å²) >= 11 is 0. The summed E-state index contributed by atoms with van der Waals surface area (Å²) in [5.74, 6) is 0.272. The predicted molar refractivity (Wildman–Crippen MR) is 114 cm³/mol. The number of aryl methyl sites for hydroxylation is 1. The molecule has 3 aromatic carbocycles. The monoisotopic (exact) mass is 383 g/mol. The first-order chi connectivity index (χ1) is 14.0. The third kappa shape index (κ3) is 3.78. The summed E-state index contributed by atoms with van der Waals surface area (Å²) in [7, 11) is 3.74. The number of rotatable bonds is 5. The van der Waals surface area contributed by atoms with Crippen molar-refractivity contribution in [1.29, 1.82) is 0 Å². The van der Waals surface area contributed by atoms with Crippen molar-refractivity contribution in [3.63, 3.8) is 0 Å². The smallest absolute Gasteiger partial charge is 0.198 e. The first kappa shape index (κ1) is 18.6. The molecule has 6 nitrogen and oxygen atoms in total. The van der Waals surface area contributed by atoms with Gasteiger partial charge in [0, 0.05) is 25.9 Å². The molecule has 0 N–H and O–H groups in total. The zero-order valence-corrected chi connectivity index (χ0v) is 16.6. The van der Waals surface area contributed by atoms with Gasteiger partial charge in [-0.15, -0.1) is 5.10 Å². The number of allylic oxidation sites excluding steroid dienone is 1. The SMILES string of the molecule is Cc1ccc(-n2nnnc2C(=CN(C)C)C(=O)c2ccc3ccccc3c2)cc1. The van der Waals surface area contributed by atoms with E-state index in [9.17, 15) is 4.79 Å². The van der Waals surface area contributed by atoms with Crippen molar-refractivity contribution in [2.45, 2.75) is 6.92 Å². The molecule has 0 bridgehead atoms. The van der Waals surface area contributed by atoms with E-state index < -0.39 is 0 Å². The standard InChI is InChI=1S/C23H21N5O/c1-16-8-12-20(13-9-16)28-23(24-25-26-28)21(15-27(2)3)22(29)19-11-10-17-6-4-5-7-18(17)14-19/h4-15H,1-3H3. The fourth-order valence-electron chi connectivity index (χ4n) is 3.18. The number of ketones is 1. The van der Waals surface area contributed by atoms with Gasteiger partial charge < -0.3 is 4.90 Å². The van der Waals surface area contributed by atoms with Gasteiger partial charge in [-0.2, -0.15) is 4.68 Å². The topological polar surface area (TPSA) is 63.9 Å². The van der Waals surface area contributed by atoms with Crippen LogP contribution in [0.1, 0.15) is 21.7 Å². The number of hydrogen-bond donors (Lipinski definition) is 0. The van der Waals surface area contributed by atoms with Gasteiger partial charge in [0.05, 0.1) is 11.3 Å². The van der Waals surface area contributed by atoms with Gasteiger partial charge in [-0.05, 0) is 46.3 Å². The van der Waals surface area contributed by atoms with Crippen molar-refractivity contribution in [3.05, 3.63) is 89.9 Å². The summed E-state index contributed by atoms with van der Waals surface area (Å²) in [6.45, 7) is 2.02. The Bertz CT molecular complexity index is 1210. The lowest BCUT2D eigenvalue weighted by Crippen LogP contribution is -2.13. The summed E-state index contributed by atoms with van der Waals surface area (Å²) in [5.41, 5.74) is 2.96. The maximum Gasteiger partial charge on any atom is 0.198 e. The van der Waals surface area contributed by atoms with Crippen molar-refractivity contribution < 1.29 is 4.79 Å². The summed E-state index contributed by atoms with van der Waals surface area (Å²) < 4.78 is 1.59. The van der Waals surface area contributed by atoms with Crippen molar-refractivity contribution in [3.8, 4) is 5.69 Å². The van der Waals surface area contributed by atoms with Gasteiger partial charge in [-0.1, -0.05) is 54.1 Å². The number of fused-ring (bicyclic) bond motifs is 1. The molecule has 6 heteroatoms. The predicted octanol–water partition coefficient (Wildman–Crippen LogP) is 3.91. The Hall–Kier alpha value is -3.80. The average molecular weight is 383 g/mol. The minimum absolute atomic E-state index is 0.132. The number of benzene rings is 3. The average Bonchev–Trinajstić information content (AvgIpc) is 3.21. The Labute approximate surface area is 169 Å². The van der Waals surface area contributed by atoms with Crippen molar-refractivity contribution in [2.24, 2.45) is 0 Å². The second kappa shape index (κ2) is 7.67. The van der Waals surface area contributed by atoms with E-state index in [0.717, 1.165) is 22.0 Å². The van der Waals surface area contributed by atoms with Crippen molar-refractivity contribution >= 4 is 22.1 Å². The number of aromatic nitrogens is 4. The largest absolute Gasteiger partial charge is 0.383 e. The van der Waals surface area contributed by atoms with Crippen LogP contribution in [-0.2, 0) is 0 Å².